The number of benzene rings is 1. The first kappa shape index (κ1) is 18.1. The fourth-order valence-corrected chi connectivity index (χ4v) is 2.23. The highest BCUT2D eigenvalue weighted by atomic mass is 16.5. The summed E-state index contributed by atoms with van der Waals surface area (Å²) in [5.74, 6) is -2.69. The average Bonchev–Trinajstić information content (AvgIpc) is 2.56. The number of nitrogens with zero attached hydrogens (tertiary/aromatic N) is 1. The third-order valence-corrected chi connectivity index (χ3v) is 3.41. The highest BCUT2D eigenvalue weighted by Gasteiger charge is 2.36. The van der Waals surface area contributed by atoms with Gasteiger partial charge in [0, 0.05) is 12.5 Å². The first-order valence-corrected chi connectivity index (χ1v) is 7.77. The molecule has 25 heavy (non-hydrogen) atoms. The number of hydrogen-bond donors (Lipinski definition) is 0. The molecule has 1 aliphatic rings. The first-order valence-electron chi connectivity index (χ1n) is 7.77. The van der Waals surface area contributed by atoms with E-state index in [2.05, 4.69) is 0 Å². The van der Waals surface area contributed by atoms with Crippen molar-refractivity contribution >= 4 is 23.6 Å². The Morgan fingerprint density at radius 1 is 1.40 bits per heavy atom. The summed E-state index contributed by atoms with van der Waals surface area (Å²) in [5, 5.41) is 8.48. The summed E-state index contributed by atoms with van der Waals surface area (Å²) >= 11 is 0. The van der Waals surface area contributed by atoms with Crippen LogP contribution in [0.15, 0.2) is 42.2 Å². The Morgan fingerprint density at radius 2 is 2.20 bits per heavy atom. The van der Waals surface area contributed by atoms with Crippen LogP contribution in [0.2, 0.25) is 0 Å². The highest BCUT2D eigenvalue weighted by Crippen LogP contribution is 2.18. The number of ether oxygens (including phenoxy) is 2. The molecule has 128 valence electrons. The van der Waals surface area contributed by atoms with E-state index in [0.29, 0.717) is 30.8 Å². The van der Waals surface area contributed by atoms with E-state index < -0.39 is 23.5 Å². The number of carbonyl (C=O) groups excluding carboxylic acids is 3. The van der Waals surface area contributed by atoms with Gasteiger partial charge < -0.3 is 9.47 Å². The van der Waals surface area contributed by atoms with E-state index in [4.69, 9.17) is 14.7 Å². The van der Waals surface area contributed by atoms with Crippen LogP contribution in [-0.2, 0) is 19.1 Å². The standard InChI is InChI=1S/C19H17NO5/c1-13-11-17(22)18(19(23)25-13)16(21)8-7-14-5-4-6-15(12-14)24-10-3-2-9-20/h4-8,11-12,18H,2-3,10H2,1H3/b8-7+. The van der Waals surface area contributed by atoms with Gasteiger partial charge in [-0.25, -0.2) is 0 Å². The van der Waals surface area contributed by atoms with E-state index in [9.17, 15) is 14.4 Å². The highest BCUT2D eigenvalue weighted by molar-refractivity contribution is 6.25. The van der Waals surface area contributed by atoms with Crippen molar-refractivity contribution in [2.45, 2.75) is 19.8 Å². The molecule has 0 amide bonds. The summed E-state index contributed by atoms with van der Waals surface area (Å²) in [7, 11) is 0. The molecule has 6 heteroatoms. The van der Waals surface area contributed by atoms with Gasteiger partial charge in [0.25, 0.3) is 0 Å². The van der Waals surface area contributed by atoms with Crippen molar-refractivity contribution in [1.82, 2.24) is 0 Å². The molecule has 2 rings (SSSR count). The van der Waals surface area contributed by atoms with Gasteiger partial charge in [-0.3, -0.25) is 14.4 Å². The van der Waals surface area contributed by atoms with Gasteiger partial charge in [0.15, 0.2) is 17.5 Å². The number of ketones is 2. The Kier molecular flexibility index (Phi) is 6.24. The Bertz CT molecular complexity index is 785. The summed E-state index contributed by atoms with van der Waals surface area (Å²) in [6.07, 6.45) is 4.90. The van der Waals surface area contributed by atoms with Gasteiger partial charge >= 0.3 is 5.97 Å². The van der Waals surface area contributed by atoms with Crippen LogP contribution in [-0.4, -0.2) is 24.1 Å². The van der Waals surface area contributed by atoms with Gasteiger partial charge in [-0.1, -0.05) is 18.2 Å². The zero-order valence-electron chi connectivity index (χ0n) is 13.7. The van der Waals surface area contributed by atoms with E-state index >= 15 is 0 Å². The van der Waals surface area contributed by atoms with Crippen LogP contribution in [0.25, 0.3) is 6.08 Å². The minimum Gasteiger partial charge on any atom is -0.494 e. The Labute approximate surface area is 145 Å². The van der Waals surface area contributed by atoms with Crippen LogP contribution in [0.1, 0.15) is 25.3 Å². The normalized spacial score (nSPS) is 17.0. The Hall–Kier alpha value is -3.20. The van der Waals surface area contributed by atoms with Gasteiger partial charge in [0.2, 0.25) is 0 Å². The van der Waals surface area contributed by atoms with Crippen LogP contribution in [0.4, 0.5) is 0 Å². The molecule has 1 unspecified atom stereocenters. The molecule has 1 heterocycles. The van der Waals surface area contributed by atoms with Crippen molar-refractivity contribution in [3.05, 3.63) is 47.7 Å². The van der Waals surface area contributed by atoms with Crippen LogP contribution < -0.4 is 4.74 Å². The van der Waals surface area contributed by atoms with Gasteiger partial charge in [-0.05, 0) is 37.1 Å². The van der Waals surface area contributed by atoms with E-state index in [-0.39, 0.29) is 5.76 Å². The maximum Gasteiger partial charge on any atom is 0.329 e. The molecule has 0 saturated carbocycles. The molecule has 0 radical (unpaired) electrons. The minimum atomic E-state index is -1.44. The lowest BCUT2D eigenvalue weighted by Gasteiger charge is -2.15. The van der Waals surface area contributed by atoms with Crippen LogP contribution in [0, 0.1) is 17.2 Å². The molecule has 1 atom stereocenters. The molecule has 6 nitrogen and oxygen atoms in total. The smallest absolute Gasteiger partial charge is 0.329 e. The van der Waals surface area contributed by atoms with E-state index in [1.54, 1.807) is 24.3 Å². The van der Waals surface area contributed by atoms with Gasteiger partial charge in [-0.2, -0.15) is 5.26 Å². The molecule has 0 saturated heterocycles. The summed E-state index contributed by atoms with van der Waals surface area (Å²) in [5.41, 5.74) is 0.689. The zero-order valence-corrected chi connectivity index (χ0v) is 13.7. The zero-order chi connectivity index (χ0) is 18.2. The van der Waals surface area contributed by atoms with Gasteiger partial charge in [-0.15, -0.1) is 0 Å². The molecule has 0 aliphatic carbocycles. The van der Waals surface area contributed by atoms with Crippen LogP contribution >= 0.6 is 0 Å². The molecule has 0 bridgehead atoms. The van der Waals surface area contributed by atoms with E-state index in [0.717, 1.165) is 6.08 Å². The second-order valence-electron chi connectivity index (χ2n) is 5.43. The lowest BCUT2D eigenvalue weighted by atomic mass is 9.96. The minimum absolute atomic E-state index is 0.185. The first-order chi connectivity index (χ1) is 12.0. The number of esters is 1. The molecule has 1 aromatic rings. The second-order valence-corrected chi connectivity index (χ2v) is 5.43. The van der Waals surface area contributed by atoms with Crippen molar-refractivity contribution in [1.29, 1.82) is 5.26 Å². The molecule has 1 aliphatic heterocycles. The number of unbranched alkanes of at least 4 members (excludes halogenated alkanes) is 1. The molecule has 1 aromatic carbocycles. The monoisotopic (exact) mass is 339 g/mol. The number of hydrogen-bond acceptors (Lipinski definition) is 6. The number of allylic oxidation sites excluding steroid dienone is 3. The lowest BCUT2D eigenvalue weighted by molar-refractivity contribution is -0.151. The van der Waals surface area contributed by atoms with Crippen LogP contribution in [0.3, 0.4) is 0 Å². The number of nitriles is 1. The summed E-state index contributed by atoms with van der Waals surface area (Å²) in [4.78, 5) is 35.7. The van der Waals surface area contributed by atoms with Crippen LogP contribution in [0.5, 0.6) is 5.75 Å². The third kappa shape index (κ3) is 5.15. The maximum atomic E-state index is 12.1. The Morgan fingerprint density at radius 3 is 2.92 bits per heavy atom. The SMILES string of the molecule is CC1=CC(=O)C(C(=O)/C=C/c2cccc(OCCCC#N)c2)C(=O)O1. The predicted molar refractivity (Wildman–Crippen MR) is 89.2 cm³/mol. The summed E-state index contributed by atoms with van der Waals surface area (Å²) in [6, 6.07) is 9.05. The fourth-order valence-electron chi connectivity index (χ4n) is 2.23. The van der Waals surface area contributed by atoms with Crippen molar-refractivity contribution in [3.63, 3.8) is 0 Å². The third-order valence-electron chi connectivity index (χ3n) is 3.41. The largest absolute Gasteiger partial charge is 0.494 e. The maximum absolute atomic E-state index is 12.1. The van der Waals surface area contributed by atoms with Crippen molar-refractivity contribution in [2.75, 3.05) is 6.61 Å². The van der Waals surface area contributed by atoms with E-state index in [1.165, 1.54) is 19.1 Å². The topological polar surface area (TPSA) is 93.5 Å². The predicted octanol–water partition coefficient (Wildman–Crippen LogP) is 2.60. The second kappa shape index (κ2) is 8.60. The molecular formula is C19H17NO5. The van der Waals surface area contributed by atoms with Gasteiger partial charge in [0.1, 0.15) is 11.5 Å². The number of carbonyl (C=O) groups is 3. The number of cyclic esters (lactones) is 1. The van der Waals surface area contributed by atoms with E-state index in [1.807, 2.05) is 6.07 Å². The van der Waals surface area contributed by atoms with Crippen molar-refractivity contribution < 1.29 is 23.9 Å². The molecule has 0 N–H and O–H groups in total. The summed E-state index contributed by atoms with van der Waals surface area (Å²) in [6.45, 7) is 1.90. The Balaban J connectivity index is 2.01. The number of rotatable bonds is 7. The van der Waals surface area contributed by atoms with Gasteiger partial charge in [0.05, 0.1) is 12.7 Å². The average molecular weight is 339 g/mol. The summed E-state index contributed by atoms with van der Waals surface area (Å²) < 4.78 is 10.3. The lowest BCUT2D eigenvalue weighted by Crippen LogP contribution is -2.34. The molecular weight excluding hydrogens is 322 g/mol. The molecule has 0 fully saturated rings. The fraction of sp³-hybridized carbons (Fsp3) is 0.263. The molecule has 0 spiro atoms. The van der Waals surface area contributed by atoms with Crippen molar-refractivity contribution in [2.24, 2.45) is 5.92 Å². The quantitative estimate of drug-likeness (QED) is 0.328. The molecule has 0 aromatic heterocycles. The van der Waals surface area contributed by atoms with Crippen molar-refractivity contribution in [3.8, 4) is 11.8 Å².